The lowest BCUT2D eigenvalue weighted by atomic mass is 10.00. The van der Waals surface area contributed by atoms with Crippen LogP contribution in [0.2, 0.25) is 0 Å². The molecule has 3 aromatic rings. The molecule has 0 aliphatic carbocycles. The van der Waals surface area contributed by atoms with E-state index in [9.17, 15) is 18.3 Å². The summed E-state index contributed by atoms with van der Waals surface area (Å²) < 4.78 is 35.4. The first kappa shape index (κ1) is 28.8. The van der Waals surface area contributed by atoms with E-state index < -0.39 is 22.0 Å². The normalized spacial score (nSPS) is 19.9. The summed E-state index contributed by atoms with van der Waals surface area (Å²) in [5, 5.41) is 19.1. The number of aliphatic hydroxyl groups excluding tert-OH is 1. The summed E-state index contributed by atoms with van der Waals surface area (Å²) in [6.07, 6.45) is -0.344. The zero-order valence-corrected chi connectivity index (χ0v) is 23.6. The summed E-state index contributed by atoms with van der Waals surface area (Å²) in [5.41, 5.74) is 4.12. The van der Waals surface area contributed by atoms with E-state index in [1.807, 2.05) is 45.2 Å². The van der Waals surface area contributed by atoms with Crippen LogP contribution in [-0.4, -0.2) is 72.7 Å². The third kappa shape index (κ3) is 6.33. The molecule has 0 fully saturated rings. The Morgan fingerprint density at radius 1 is 1.13 bits per heavy atom. The first-order valence-electron chi connectivity index (χ1n) is 13.0. The Labute approximate surface area is 230 Å². The molecule has 9 heteroatoms. The number of ether oxygens (including phenoxy) is 1. The highest BCUT2D eigenvalue weighted by Gasteiger charge is 2.38. The number of benzene rings is 3. The topological polar surface area (TPSA) is 107 Å². The van der Waals surface area contributed by atoms with Gasteiger partial charge in [-0.3, -0.25) is 4.90 Å². The molecule has 3 aromatic carbocycles. The van der Waals surface area contributed by atoms with Crippen LogP contribution >= 0.6 is 0 Å². The number of fused-ring (bicyclic) bond motifs is 1. The lowest BCUT2D eigenvalue weighted by Crippen LogP contribution is -2.49. The number of carboxylic acids is 1. The number of aliphatic hydroxyl groups is 1. The molecule has 0 saturated carbocycles. The van der Waals surface area contributed by atoms with E-state index >= 15 is 0 Å². The highest BCUT2D eigenvalue weighted by atomic mass is 32.2. The Bertz CT molecular complexity index is 1420. The van der Waals surface area contributed by atoms with Crippen molar-refractivity contribution >= 4 is 16.0 Å². The maximum Gasteiger partial charge on any atom is 0.335 e. The van der Waals surface area contributed by atoms with Gasteiger partial charge in [0, 0.05) is 31.6 Å². The number of hydrogen-bond donors (Lipinski definition) is 2. The van der Waals surface area contributed by atoms with Crippen LogP contribution in [0.4, 0.5) is 0 Å². The highest BCUT2D eigenvalue weighted by Crippen LogP contribution is 2.37. The van der Waals surface area contributed by atoms with E-state index in [1.165, 1.54) is 4.31 Å². The molecule has 0 radical (unpaired) electrons. The third-order valence-electron chi connectivity index (χ3n) is 7.27. The van der Waals surface area contributed by atoms with Gasteiger partial charge in [-0.25, -0.2) is 13.2 Å². The van der Waals surface area contributed by atoms with Gasteiger partial charge in [0.1, 0.15) is 16.7 Å². The molecule has 0 spiro atoms. The minimum atomic E-state index is -3.92. The molecule has 1 aliphatic heterocycles. The van der Waals surface area contributed by atoms with Gasteiger partial charge in [-0.2, -0.15) is 4.31 Å². The van der Waals surface area contributed by atoms with Crippen molar-refractivity contribution in [1.29, 1.82) is 0 Å². The molecule has 0 unspecified atom stereocenters. The van der Waals surface area contributed by atoms with Crippen molar-refractivity contribution in [1.82, 2.24) is 9.21 Å². The molecule has 8 nitrogen and oxygen atoms in total. The van der Waals surface area contributed by atoms with Crippen LogP contribution in [0.5, 0.6) is 5.75 Å². The molecule has 3 atom stereocenters. The summed E-state index contributed by atoms with van der Waals surface area (Å²) in [7, 11) is -1.97. The van der Waals surface area contributed by atoms with Crippen molar-refractivity contribution < 1.29 is 28.2 Å². The van der Waals surface area contributed by atoms with Crippen molar-refractivity contribution in [2.45, 2.75) is 44.4 Å². The second-order valence-electron chi connectivity index (χ2n) is 10.4. The Balaban J connectivity index is 1.69. The third-order valence-corrected chi connectivity index (χ3v) is 9.29. The summed E-state index contributed by atoms with van der Waals surface area (Å²) in [6, 6.07) is 19.3. The lowest BCUT2D eigenvalue weighted by molar-refractivity contribution is 0.0697. The number of aromatic carboxylic acids is 1. The SMILES string of the molecule is Cc1ccccc1-c1ccc2c(c1)O[C@H](CN(C)Cc1ccc(C(=O)O)cc1)[C@@H](C)CN([C@@H](C)CO)S2(=O)=O. The number of hydrogen-bond acceptors (Lipinski definition) is 6. The Kier molecular flexibility index (Phi) is 8.76. The molecule has 1 aliphatic rings. The number of likely N-dealkylation sites (N-methyl/N-ethyl adjacent to an activating group) is 1. The van der Waals surface area contributed by atoms with Gasteiger partial charge in [0.05, 0.1) is 12.2 Å². The van der Waals surface area contributed by atoms with E-state index in [-0.39, 0.29) is 35.6 Å². The van der Waals surface area contributed by atoms with Gasteiger partial charge in [0.15, 0.2) is 0 Å². The molecule has 2 N–H and O–H groups in total. The van der Waals surface area contributed by atoms with Gasteiger partial charge in [-0.05, 0) is 67.4 Å². The van der Waals surface area contributed by atoms with Crippen LogP contribution in [-0.2, 0) is 16.6 Å². The fourth-order valence-electron chi connectivity index (χ4n) is 4.94. The second kappa shape index (κ2) is 11.9. The number of sulfonamides is 1. The standard InChI is InChI=1S/C30H36N2O6S/c1-20-7-5-6-8-26(20)25-13-14-29-27(15-25)38-28(21(2)16-32(22(3)19-33)39(29,36)37)18-31(4)17-23-9-11-24(12-10-23)30(34)35/h5-15,21-22,28,33H,16-19H2,1-4H3,(H,34,35)/t21-,22-,28+/m0/s1. The van der Waals surface area contributed by atoms with Crippen molar-refractivity contribution in [3.05, 3.63) is 83.4 Å². The van der Waals surface area contributed by atoms with E-state index in [1.54, 1.807) is 49.4 Å². The molecular weight excluding hydrogens is 516 g/mol. The van der Waals surface area contributed by atoms with Crippen molar-refractivity contribution in [2.75, 3.05) is 26.7 Å². The molecule has 4 rings (SSSR count). The summed E-state index contributed by atoms with van der Waals surface area (Å²) in [6.45, 7) is 6.67. The molecule has 1 heterocycles. The van der Waals surface area contributed by atoms with Crippen LogP contribution in [0.1, 0.15) is 35.3 Å². The molecular formula is C30H36N2O6S. The number of nitrogens with zero attached hydrogens (tertiary/aromatic N) is 2. The van der Waals surface area contributed by atoms with Crippen LogP contribution in [0, 0.1) is 12.8 Å². The molecule has 208 valence electrons. The largest absolute Gasteiger partial charge is 0.487 e. The van der Waals surface area contributed by atoms with Crippen LogP contribution < -0.4 is 4.74 Å². The lowest BCUT2D eigenvalue weighted by Gasteiger charge is -2.37. The first-order valence-corrected chi connectivity index (χ1v) is 14.5. The van der Waals surface area contributed by atoms with Crippen LogP contribution in [0.25, 0.3) is 11.1 Å². The van der Waals surface area contributed by atoms with Gasteiger partial charge in [0.2, 0.25) is 10.0 Å². The Hall–Kier alpha value is -3.24. The van der Waals surface area contributed by atoms with Gasteiger partial charge in [-0.15, -0.1) is 0 Å². The van der Waals surface area contributed by atoms with Crippen LogP contribution in [0.15, 0.2) is 71.6 Å². The van der Waals surface area contributed by atoms with Gasteiger partial charge in [0.25, 0.3) is 0 Å². The van der Waals surface area contributed by atoms with Gasteiger partial charge < -0.3 is 14.9 Å². The van der Waals surface area contributed by atoms with Crippen molar-refractivity contribution in [3.8, 4) is 16.9 Å². The zero-order chi connectivity index (χ0) is 28.3. The van der Waals surface area contributed by atoms with E-state index in [0.29, 0.717) is 18.8 Å². The average molecular weight is 553 g/mol. The van der Waals surface area contributed by atoms with Crippen LogP contribution in [0.3, 0.4) is 0 Å². The second-order valence-corrected chi connectivity index (χ2v) is 12.3. The fraction of sp³-hybridized carbons (Fsp3) is 0.367. The fourth-order valence-corrected chi connectivity index (χ4v) is 6.77. The first-order chi connectivity index (χ1) is 18.5. The van der Waals surface area contributed by atoms with Gasteiger partial charge >= 0.3 is 5.97 Å². The smallest absolute Gasteiger partial charge is 0.335 e. The maximum atomic E-state index is 13.8. The quantitative estimate of drug-likeness (QED) is 0.430. The highest BCUT2D eigenvalue weighted by molar-refractivity contribution is 7.89. The Morgan fingerprint density at radius 2 is 1.82 bits per heavy atom. The summed E-state index contributed by atoms with van der Waals surface area (Å²) in [5.74, 6) is -0.852. The van der Waals surface area contributed by atoms with Crippen molar-refractivity contribution in [3.63, 3.8) is 0 Å². The number of carboxylic acid groups (broad SMARTS) is 1. The summed E-state index contributed by atoms with van der Waals surface area (Å²) >= 11 is 0. The number of aryl methyl sites for hydroxylation is 1. The Morgan fingerprint density at radius 3 is 2.46 bits per heavy atom. The molecule has 0 amide bonds. The summed E-state index contributed by atoms with van der Waals surface area (Å²) in [4.78, 5) is 13.3. The molecule has 0 aromatic heterocycles. The minimum absolute atomic E-state index is 0.0870. The van der Waals surface area contributed by atoms with E-state index in [0.717, 1.165) is 22.3 Å². The predicted molar refractivity (Wildman–Crippen MR) is 150 cm³/mol. The maximum absolute atomic E-state index is 13.8. The van der Waals surface area contributed by atoms with E-state index in [4.69, 9.17) is 9.84 Å². The predicted octanol–water partition coefficient (Wildman–Crippen LogP) is 4.26. The molecule has 0 saturated heterocycles. The molecule has 0 bridgehead atoms. The zero-order valence-electron chi connectivity index (χ0n) is 22.7. The molecule has 39 heavy (non-hydrogen) atoms. The number of rotatable bonds is 8. The van der Waals surface area contributed by atoms with Crippen molar-refractivity contribution in [2.24, 2.45) is 5.92 Å². The van der Waals surface area contributed by atoms with Gasteiger partial charge in [-0.1, -0.05) is 49.4 Å². The average Bonchev–Trinajstić information content (AvgIpc) is 2.90. The number of carbonyl (C=O) groups is 1. The monoisotopic (exact) mass is 552 g/mol. The van der Waals surface area contributed by atoms with E-state index in [2.05, 4.69) is 4.90 Å². The minimum Gasteiger partial charge on any atom is -0.487 e.